The summed E-state index contributed by atoms with van der Waals surface area (Å²) in [5.74, 6) is 0.558. The van der Waals surface area contributed by atoms with Gasteiger partial charge in [0.15, 0.2) is 5.78 Å². The van der Waals surface area contributed by atoms with Crippen molar-refractivity contribution in [3.8, 4) is 0 Å². The Morgan fingerprint density at radius 2 is 1.87 bits per heavy atom. The SMILES string of the molecule is C[C@]12CCC(=O)C=C1[C@H](O)C[C@@H]1[C@@H]2C(=O)C[C@]2(C)C(=O)CC[C@@H]12. The number of ketones is 3. The predicted molar refractivity (Wildman–Crippen MR) is 83.5 cm³/mol. The third-order valence-corrected chi connectivity index (χ3v) is 7.38. The number of hydrogen-bond donors (Lipinski definition) is 1. The molecule has 4 aliphatic carbocycles. The number of carbonyl (C=O) groups is 3. The van der Waals surface area contributed by atoms with Crippen molar-refractivity contribution >= 4 is 17.3 Å². The average Bonchev–Trinajstić information content (AvgIpc) is 2.76. The molecule has 124 valence electrons. The molecular weight excluding hydrogens is 292 g/mol. The zero-order chi connectivity index (χ0) is 16.6. The van der Waals surface area contributed by atoms with Gasteiger partial charge in [-0.25, -0.2) is 0 Å². The minimum Gasteiger partial charge on any atom is -0.389 e. The second kappa shape index (κ2) is 4.62. The lowest BCUT2D eigenvalue weighted by atomic mass is 9.46. The van der Waals surface area contributed by atoms with Crippen LogP contribution in [0, 0.1) is 28.6 Å². The Labute approximate surface area is 136 Å². The molecular formula is C19H24O4. The highest BCUT2D eigenvalue weighted by molar-refractivity contribution is 5.97. The van der Waals surface area contributed by atoms with E-state index in [-0.39, 0.29) is 35.1 Å². The number of aliphatic hydroxyl groups is 1. The molecule has 4 heteroatoms. The van der Waals surface area contributed by atoms with Gasteiger partial charge in [-0.3, -0.25) is 14.4 Å². The van der Waals surface area contributed by atoms with Gasteiger partial charge in [0.25, 0.3) is 0 Å². The van der Waals surface area contributed by atoms with Gasteiger partial charge in [-0.15, -0.1) is 0 Å². The van der Waals surface area contributed by atoms with Crippen molar-refractivity contribution in [1.29, 1.82) is 0 Å². The van der Waals surface area contributed by atoms with E-state index >= 15 is 0 Å². The van der Waals surface area contributed by atoms with E-state index in [2.05, 4.69) is 0 Å². The summed E-state index contributed by atoms with van der Waals surface area (Å²) in [5, 5.41) is 10.7. The highest BCUT2D eigenvalue weighted by Crippen LogP contribution is 2.63. The Morgan fingerprint density at radius 3 is 2.61 bits per heavy atom. The first-order chi connectivity index (χ1) is 10.8. The third kappa shape index (κ3) is 1.84. The molecule has 0 aromatic carbocycles. The van der Waals surface area contributed by atoms with Crippen LogP contribution < -0.4 is 0 Å². The van der Waals surface area contributed by atoms with Gasteiger partial charge < -0.3 is 5.11 Å². The summed E-state index contributed by atoms with van der Waals surface area (Å²) in [6.45, 7) is 3.99. The zero-order valence-electron chi connectivity index (χ0n) is 13.8. The summed E-state index contributed by atoms with van der Waals surface area (Å²) in [6.07, 6.45) is 4.27. The van der Waals surface area contributed by atoms with Crippen molar-refractivity contribution < 1.29 is 19.5 Å². The first kappa shape index (κ1) is 15.3. The summed E-state index contributed by atoms with van der Waals surface area (Å²) in [7, 11) is 0. The van der Waals surface area contributed by atoms with Crippen molar-refractivity contribution in [1.82, 2.24) is 0 Å². The second-order valence-electron chi connectivity index (χ2n) is 8.51. The molecule has 0 bridgehead atoms. The molecule has 4 nitrogen and oxygen atoms in total. The van der Waals surface area contributed by atoms with E-state index in [9.17, 15) is 19.5 Å². The maximum absolute atomic E-state index is 13.0. The Hall–Kier alpha value is -1.29. The lowest BCUT2D eigenvalue weighted by molar-refractivity contribution is -0.152. The smallest absolute Gasteiger partial charge is 0.155 e. The Balaban J connectivity index is 1.81. The second-order valence-corrected chi connectivity index (χ2v) is 8.51. The quantitative estimate of drug-likeness (QED) is 0.744. The molecule has 4 aliphatic rings. The van der Waals surface area contributed by atoms with Crippen LogP contribution in [-0.4, -0.2) is 28.6 Å². The van der Waals surface area contributed by atoms with Crippen LogP contribution >= 0.6 is 0 Å². The van der Waals surface area contributed by atoms with E-state index in [1.807, 2.05) is 13.8 Å². The fraction of sp³-hybridized carbons (Fsp3) is 0.737. The first-order valence-electron chi connectivity index (χ1n) is 8.76. The molecule has 6 atom stereocenters. The maximum atomic E-state index is 13.0. The average molecular weight is 316 g/mol. The highest BCUT2D eigenvalue weighted by atomic mass is 16.3. The van der Waals surface area contributed by atoms with Gasteiger partial charge in [-0.1, -0.05) is 13.8 Å². The summed E-state index contributed by atoms with van der Waals surface area (Å²) in [5.41, 5.74) is -0.184. The minimum absolute atomic E-state index is 0.0547. The molecule has 0 aliphatic heterocycles. The van der Waals surface area contributed by atoms with Crippen LogP contribution in [0.15, 0.2) is 11.6 Å². The molecule has 23 heavy (non-hydrogen) atoms. The van der Waals surface area contributed by atoms with Crippen LogP contribution in [0.5, 0.6) is 0 Å². The van der Waals surface area contributed by atoms with E-state index < -0.39 is 16.9 Å². The van der Waals surface area contributed by atoms with E-state index in [0.717, 1.165) is 12.0 Å². The monoisotopic (exact) mass is 316 g/mol. The molecule has 3 fully saturated rings. The Bertz CT molecular complexity index is 648. The summed E-state index contributed by atoms with van der Waals surface area (Å²) < 4.78 is 0. The van der Waals surface area contributed by atoms with Crippen molar-refractivity contribution in [2.75, 3.05) is 0 Å². The molecule has 0 heterocycles. The predicted octanol–water partition coefficient (Wildman–Crippen LogP) is 2.24. The minimum atomic E-state index is -0.656. The molecule has 4 rings (SSSR count). The molecule has 0 spiro atoms. The molecule has 0 aromatic heterocycles. The van der Waals surface area contributed by atoms with Crippen LogP contribution in [-0.2, 0) is 14.4 Å². The van der Waals surface area contributed by atoms with Gasteiger partial charge in [0.2, 0.25) is 0 Å². The molecule has 3 saturated carbocycles. The lowest BCUT2D eigenvalue weighted by Gasteiger charge is -2.56. The van der Waals surface area contributed by atoms with E-state index in [4.69, 9.17) is 0 Å². The van der Waals surface area contributed by atoms with E-state index in [0.29, 0.717) is 32.1 Å². The van der Waals surface area contributed by atoms with Crippen LogP contribution in [0.3, 0.4) is 0 Å². The van der Waals surface area contributed by atoms with Crippen LogP contribution in [0.25, 0.3) is 0 Å². The van der Waals surface area contributed by atoms with Gasteiger partial charge in [-0.2, -0.15) is 0 Å². The van der Waals surface area contributed by atoms with Crippen molar-refractivity contribution in [3.05, 3.63) is 11.6 Å². The molecule has 0 unspecified atom stereocenters. The van der Waals surface area contributed by atoms with Crippen LogP contribution in [0.2, 0.25) is 0 Å². The maximum Gasteiger partial charge on any atom is 0.155 e. The molecule has 0 aromatic rings. The van der Waals surface area contributed by atoms with E-state index in [1.54, 1.807) is 6.08 Å². The van der Waals surface area contributed by atoms with Crippen molar-refractivity contribution in [2.45, 2.75) is 58.5 Å². The van der Waals surface area contributed by atoms with E-state index in [1.165, 1.54) is 0 Å². The Kier molecular flexibility index (Phi) is 3.07. The van der Waals surface area contributed by atoms with Gasteiger partial charge >= 0.3 is 0 Å². The van der Waals surface area contributed by atoms with Crippen LogP contribution in [0.4, 0.5) is 0 Å². The zero-order valence-corrected chi connectivity index (χ0v) is 13.8. The number of hydrogen-bond acceptors (Lipinski definition) is 4. The first-order valence-corrected chi connectivity index (χ1v) is 8.76. The van der Waals surface area contributed by atoms with Gasteiger partial charge in [0.05, 0.1) is 6.10 Å². The third-order valence-electron chi connectivity index (χ3n) is 7.38. The normalized spacial score (nSPS) is 49.3. The van der Waals surface area contributed by atoms with Gasteiger partial charge in [0, 0.05) is 36.0 Å². The highest BCUT2D eigenvalue weighted by Gasteiger charge is 2.63. The van der Waals surface area contributed by atoms with Crippen LogP contribution in [0.1, 0.15) is 52.4 Å². The summed E-state index contributed by atoms with van der Waals surface area (Å²) in [6, 6.07) is 0. The lowest BCUT2D eigenvalue weighted by Crippen LogP contribution is -2.57. The van der Waals surface area contributed by atoms with Gasteiger partial charge in [0.1, 0.15) is 11.6 Å². The largest absolute Gasteiger partial charge is 0.389 e. The fourth-order valence-electron chi connectivity index (χ4n) is 6.22. The standard InChI is InChI=1S/C19H24O4/c1-18-6-5-10(20)7-13(18)14(21)8-11-12-3-4-16(23)19(12,2)9-15(22)17(11)18/h7,11-12,14,17,21H,3-6,8-9H2,1-2H3/t11-,12-,14+,17+,18-,19-/m0/s1. The molecule has 0 radical (unpaired) electrons. The Morgan fingerprint density at radius 1 is 1.13 bits per heavy atom. The molecule has 1 N–H and O–H groups in total. The molecule has 0 saturated heterocycles. The number of Topliss-reactive ketones (excluding diaryl/α,β-unsaturated/α-hetero) is 2. The molecule has 0 amide bonds. The van der Waals surface area contributed by atoms with Gasteiger partial charge in [-0.05, 0) is 42.7 Å². The van der Waals surface area contributed by atoms with Crippen molar-refractivity contribution in [3.63, 3.8) is 0 Å². The summed E-state index contributed by atoms with van der Waals surface area (Å²) in [4.78, 5) is 37.2. The number of aliphatic hydroxyl groups excluding tert-OH is 1. The van der Waals surface area contributed by atoms with Crippen molar-refractivity contribution in [2.24, 2.45) is 28.6 Å². The summed E-state index contributed by atoms with van der Waals surface area (Å²) >= 11 is 0. The number of fused-ring (bicyclic) bond motifs is 5. The topological polar surface area (TPSA) is 71.4 Å². The fourth-order valence-corrected chi connectivity index (χ4v) is 6.22. The number of rotatable bonds is 0. The number of carbonyl (C=O) groups excluding carboxylic acids is 3.